The number of hydrogen-bond donors (Lipinski definition) is 1. The monoisotopic (exact) mass is 287 g/mol. The largest absolute Gasteiger partial charge is 0.489 e. The molecule has 1 unspecified atom stereocenters. The molecule has 1 N–H and O–H groups in total. The topological polar surface area (TPSA) is 49.8 Å². The fourth-order valence-electron chi connectivity index (χ4n) is 3.45. The maximum absolute atomic E-state index is 12.7. The Morgan fingerprint density at radius 3 is 2.67 bits per heavy atom. The fourth-order valence-corrected chi connectivity index (χ4v) is 3.45. The number of piperidine rings is 1. The van der Waals surface area contributed by atoms with Gasteiger partial charge in [0.05, 0.1) is 11.7 Å². The Labute approximate surface area is 125 Å². The normalized spacial score (nSPS) is 27.5. The van der Waals surface area contributed by atoms with Crippen LogP contribution in [0.1, 0.15) is 23.2 Å². The second kappa shape index (κ2) is 5.90. The van der Waals surface area contributed by atoms with Crippen molar-refractivity contribution in [2.24, 2.45) is 11.8 Å². The van der Waals surface area contributed by atoms with Crippen molar-refractivity contribution >= 4 is 5.91 Å². The van der Waals surface area contributed by atoms with Gasteiger partial charge in [0.15, 0.2) is 0 Å². The molecule has 3 rings (SSSR count). The van der Waals surface area contributed by atoms with Gasteiger partial charge in [-0.3, -0.25) is 4.79 Å². The van der Waals surface area contributed by atoms with Crippen LogP contribution in [0.4, 0.5) is 0 Å². The Bertz CT molecular complexity index is 529. The molecule has 1 aromatic carbocycles. The summed E-state index contributed by atoms with van der Waals surface area (Å²) in [6.45, 7) is 5.30. The van der Waals surface area contributed by atoms with Crippen molar-refractivity contribution in [1.29, 1.82) is 0 Å². The molecule has 2 aliphatic rings. The number of nitrogens with zero attached hydrogens (tertiary/aromatic N) is 1. The van der Waals surface area contributed by atoms with E-state index in [1.807, 2.05) is 23.1 Å². The van der Waals surface area contributed by atoms with E-state index in [-0.39, 0.29) is 23.8 Å². The average molecular weight is 287 g/mol. The highest BCUT2D eigenvalue weighted by molar-refractivity contribution is 5.97. The molecule has 112 valence electrons. The number of benzene rings is 1. The first kappa shape index (κ1) is 14.1. The van der Waals surface area contributed by atoms with E-state index in [2.05, 4.69) is 6.58 Å². The van der Waals surface area contributed by atoms with Crippen LogP contribution in [0.25, 0.3) is 0 Å². The predicted molar refractivity (Wildman–Crippen MR) is 80.3 cm³/mol. The Kier molecular flexibility index (Phi) is 3.97. The first-order valence-electron chi connectivity index (χ1n) is 7.50. The van der Waals surface area contributed by atoms with E-state index in [1.54, 1.807) is 12.1 Å². The molecule has 21 heavy (non-hydrogen) atoms. The van der Waals surface area contributed by atoms with Crippen molar-refractivity contribution in [1.82, 2.24) is 4.90 Å². The summed E-state index contributed by atoms with van der Waals surface area (Å²) >= 11 is 0. The zero-order chi connectivity index (χ0) is 14.8. The molecule has 1 aliphatic heterocycles. The third kappa shape index (κ3) is 2.68. The molecule has 0 radical (unpaired) electrons. The van der Waals surface area contributed by atoms with Crippen molar-refractivity contribution in [3.8, 4) is 5.75 Å². The van der Waals surface area contributed by atoms with Gasteiger partial charge in [0.25, 0.3) is 5.91 Å². The molecule has 0 spiro atoms. The lowest BCUT2D eigenvalue weighted by molar-refractivity contribution is 0.0165. The molecule has 1 aromatic rings. The first-order chi connectivity index (χ1) is 10.2. The quantitative estimate of drug-likeness (QED) is 0.863. The van der Waals surface area contributed by atoms with Crippen LogP contribution in [0.3, 0.4) is 0 Å². The molecule has 1 saturated carbocycles. The van der Waals surface area contributed by atoms with Gasteiger partial charge in [-0.05, 0) is 25.0 Å². The van der Waals surface area contributed by atoms with Crippen LogP contribution in [0.5, 0.6) is 5.75 Å². The number of likely N-dealkylation sites (tertiary alicyclic amines) is 1. The minimum absolute atomic E-state index is 0.00142. The molecule has 4 heteroatoms. The van der Waals surface area contributed by atoms with Gasteiger partial charge in [-0.15, -0.1) is 0 Å². The van der Waals surface area contributed by atoms with Crippen molar-refractivity contribution in [2.45, 2.75) is 18.9 Å². The van der Waals surface area contributed by atoms with Crippen LogP contribution >= 0.6 is 0 Å². The molecule has 1 heterocycles. The predicted octanol–water partition coefficient (Wildman–Crippen LogP) is 2.09. The van der Waals surface area contributed by atoms with E-state index in [1.165, 1.54) is 0 Å². The molecule has 2 fully saturated rings. The molecule has 1 saturated heterocycles. The molecular formula is C17H21NO3. The SMILES string of the molecule is C=CCOc1ccccc1C(=O)N1C[C@H]2CC[C@@H](C1)C2O. The summed E-state index contributed by atoms with van der Waals surface area (Å²) in [5.41, 5.74) is 0.593. The highest BCUT2D eigenvalue weighted by Crippen LogP contribution is 2.37. The van der Waals surface area contributed by atoms with Crippen LogP contribution in [0.15, 0.2) is 36.9 Å². The van der Waals surface area contributed by atoms with Gasteiger partial charge in [-0.25, -0.2) is 0 Å². The minimum Gasteiger partial charge on any atom is -0.489 e. The van der Waals surface area contributed by atoms with E-state index in [0.29, 0.717) is 31.0 Å². The number of hydrogen-bond acceptors (Lipinski definition) is 3. The van der Waals surface area contributed by atoms with Gasteiger partial charge >= 0.3 is 0 Å². The van der Waals surface area contributed by atoms with Gasteiger partial charge in [0.1, 0.15) is 12.4 Å². The maximum Gasteiger partial charge on any atom is 0.257 e. The van der Waals surface area contributed by atoms with Crippen LogP contribution in [0, 0.1) is 11.8 Å². The van der Waals surface area contributed by atoms with E-state index in [4.69, 9.17) is 4.74 Å². The molecule has 3 atom stereocenters. The zero-order valence-corrected chi connectivity index (χ0v) is 12.1. The number of ether oxygens (including phenoxy) is 1. The third-order valence-electron chi connectivity index (χ3n) is 4.55. The van der Waals surface area contributed by atoms with Crippen molar-refractivity contribution in [3.63, 3.8) is 0 Å². The van der Waals surface area contributed by atoms with Gasteiger partial charge in [-0.1, -0.05) is 24.8 Å². The van der Waals surface area contributed by atoms with E-state index in [0.717, 1.165) is 12.8 Å². The molecule has 2 bridgehead atoms. The number of amides is 1. The highest BCUT2D eigenvalue weighted by atomic mass is 16.5. The number of rotatable bonds is 4. The minimum atomic E-state index is -0.235. The van der Waals surface area contributed by atoms with Gasteiger partial charge in [0.2, 0.25) is 0 Å². The summed E-state index contributed by atoms with van der Waals surface area (Å²) < 4.78 is 5.57. The van der Waals surface area contributed by atoms with Gasteiger partial charge in [-0.2, -0.15) is 0 Å². The lowest BCUT2D eigenvalue weighted by Gasteiger charge is -2.35. The van der Waals surface area contributed by atoms with Gasteiger partial charge < -0.3 is 14.7 Å². The first-order valence-corrected chi connectivity index (χ1v) is 7.50. The standard InChI is InChI=1S/C17H21NO3/c1-2-9-21-15-6-4-3-5-14(15)17(20)18-10-12-7-8-13(11-18)16(12)19/h2-6,12-13,16,19H,1,7-11H2/t12-,13+,16?. The second-order valence-electron chi connectivity index (χ2n) is 5.89. The number of fused-ring (bicyclic) bond motifs is 2. The maximum atomic E-state index is 12.7. The molecular weight excluding hydrogens is 266 g/mol. The summed E-state index contributed by atoms with van der Waals surface area (Å²) in [5, 5.41) is 10.1. The second-order valence-corrected chi connectivity index (χ2v) is 5.89. The van der Waals surface area contributed by atoms with Crippen molar-refractivity contribution < 1.29 is 14.6 Å². The summed E-state index contributed by atoms with van der Waals surface area (Å²) in [5.74, 6) is 1.06. The van der Waals surface area contributed by atoms with Crippen molar-refractivity contribution in [2.75, 3.05) is 19.7 Å². The van der Waals surface area contributed by atoms with Gasteiger partial charge in [0, 0.05) is 24.9 Å². The lowest BCUT2D eigenvalue weighted by Crippen LogP contribution is -2.47. The number of para-hydroxylation sites is 1. The summed E-state index contributed by atoms with van der Waals surface area (Å²) in [6.07, 6.45) is 3.47. The zero-order valence-electron chi connectivity index (χ0n) is 12.1. The summed E-state index contributed by atoms with van der Waals surface area (Å²) in [7, 11) is 0. The number of aliphatic hydroxyl groups excluding tert-OH is 1. The summed E-state index contributed by atoms with van der Waals surface area (Å²) in [4.78, 5) is 14.6. The van der Waals surface area contributed by atoms with Crippen LogP contribution in [-0.2, 0) is 0 Å². The van der Waals surface area contributed by atoms with E-state index < -0.39 is 0 Å². The van der Waals surface area contributed by atoms with Crippen LogP contribution in [-0.4, -0.2) is 41.7 Å². The third-order valence-corrected chi connectivity index (χ3v) is 4.55. The lowest BCUT2D eigenvalue weighted by atomic mass is 9.94. The Balaban J connectivity index is 1.78. The van der Waals surface area contributed by atoms with Crippen LogP contribution in [0.2, 0.25) is 0 Å². The van der Waals surface area contributed by atoms with E-state index >= 15 is 0 Å². The number of carbonyl (C=O) groups is 1. The smallest absolute Gasteiger partial charge is 0.257 e. The average Bonchev–Trinajstić information content (AvgIpc) is 2.74. The molecule has 1 amide bonds. The fraction of sp³-hybridized carbons (Fsp3) is 0.471. The molecule has 4 nitrogen and oxygen atoms in total. The number of carbonyl (C=O) groups excluding carboxylic acids is 1. The summed E-state index contributed by atoms with van der Waals surface area (Å²) in [6, 6.07) is 7.32. The molecule has 1 aliphatic carbocycles. The van der Waals surface area contributed by atoms with Crippen molar-refractivity contribution in [3.05, 3.63) is 42.5 Å². The van der Waals surface area contributed by atoms with E-state index in [9.17, 15) is 9.90 Å². The Morgan fingerprint density at radius 1 is 1.33 bits per heavy atom. The molecule has 0 aromatic heterocycles. The van der Waals surface area contributed by atoms with Crippen LogP contribution < -0.4 is 4.74 Å². The number of aliphatic hydroxyl groups is 1. The Morgan fingerprint density at radius 2 is 2.00 bits per heavy atom. The highest BCUT2D eigenvalue weighted by Gasteiger charge is 2.42. The Hall–Kier alpha value is -1.81.